The minimum absolute atomic E-state index is 0.261. The third kappa shape index (κ3) is 2.48. The molecule has 19 heavy (non-hydrogen) atoms. The molecule has 0 fully saturated rings. The summed E-state index contributed by atoms with van der Waals surface area (Å²) < 4.78 is 15.5. The fourth-order valence-corrected chi connectivity index (χ4v) is 2.30. The fraction of sp³-hybridized carbons (Fsp3) is 0.400. The van der Waals surface area contributed by atoms with Gasteiger partial charge in [0.1, 0.15) is 23.2 Å². The van der Waals surface area contributed by atoms with Gasteiger partial charge in [0.25, 0.3) is 0 Å². The van der Waals surface area contributed by atoms with Crippen LogP contribution in [0.4, 0.5) is 10.2 Å². The normalized spacial score (nSPS) is 10.9. The number of benzene rings is 1. The maximum absolute atomic E-state index is 13.4. The molecule has 2 aromatic rings. The number of nitrogens with zero attached hydrogens (tertiary/aromatic N) is 2. The van der Waals surface area contributed by atoms with Crippen LogP contribution in [0.5, 0.6) is 0 Å². The number of aromatic nitrogens is 2. The summed E-state index contributed by atoms with van der Waals surface area (Å²) in [5, 5.41) is 0. The van der Waals surface area contributed by atoms with Crippen molar-refractivity contribution in [3.05, 3.63) is 35.4 Å². The minimum atomic E-state index is -0.261. The van der Waals surface area contributed by atoms with Crippen LogP contribution in [-0.4, -0.2) is 9.55 Å². The third-order valence-electron chi connectivity index (χ3n) is 3.30. The van der Waals surface area contributed by atoms with Crippen molar-refractivity contribution in [2.75, 3.05) is 5.73 Å². The summed E-state index contributed by atoms with van der Waals surface area (Å²) in [6.07, 6.45) is 1.81. The highest BCUT2D eigenvalue weighted by atomic mass is 19.1. The standard InChI is InChI=1S/C15H20FN3/c1-4-8-19-13(5-2)18-14(15(19)17)12-9-11(16)7-6-10(12)3/h6-7,9H,4-5,8,17H2,1-3H3. The Morgan fingerprint density at radius 1 is 1.32 bits per heavy atom. The van der Waals surface area contributed by atoms with E-state index in [0.717, 1.165) is 36.3 Å². The lowest BCUT2D eigenvalue weighted by molar-refractivity contribution is 0.628. The molecule has 102 valence electrons. The van der Waals surface area contributed by atoms with Crippen LogP contribution in [0.2, 0.25) is 0 Å². The number of hydrogen-bond acceptors (Lipinski definition) is 2. The van der Waals surface area contributed by atoms with Crippen LogP contribution < -0.4 is 5.73 Å². The van der Waals surface area contributed by atoms with Crippen molar-refractivity contribution in [3.8, 4) is 11.3 Å². The van der Waals surface area contributed by atoms with E-state index in [1.807, 2.05) is 11.5 Å². The van der Waals surface area contributed by atoms with Gasteiger partial charge in [0.05, 0.1) is 0 Å². The highest BCUT2D eigenvalue weighted by Crippen LogP contribution is 2.30. The Bertz CT molecular complexity index is 587. The first-order valence-corrected chi connectivity index (χ1v) is 6.69. The summed E-state index contributed by atoms with van der Waals surface area (Å²) in [6, 6.07) is 4.72. The Morgan fingerprint density at radius 3 is 2.68 bits per heavy atom. The van der Waals surface area contributed by atoms with E-state index in [4.69, 9.17) is 5.73 Å². The quantitative estimate of drug-likeness (QED) is 0.914. The zero-order chi connectivity index (χ0) is 14.0. The lowest BCUT2D eigenvalue weighted by atomic mass is 10.1. The van der Waals surface area contributed by atoms with Crippen molar-refractivity contribution in [1.29, 1.82) is 0 Å². The van der Waals surface area contributed by atoms with E-state index in [0.29, 0.717) is 11.5 Å². The van der Waals surface area contributed by atoms with Gasteiger partial charge in [0.15, 0.2) is 0 Å². The Hall–Kier alpha value is -1.84. The molecule has 0 aliphatic rings. The van der Waals surface area contributed by atoms with E-state index in [-0.39, 0.29) is 5.82 Å². The molecule has 0 spiro atoms. The van der Waals surface area contributed by atoms with Crippen molar-refractivity contribution in [2.45, 2.75) is 40.2 Å². The molecule has 0 atom stereocenters. The molecule has 0 aliphatic carbocycles. The molecule has 4 heteroatoms. The van der Waals surface area contributed by atoms with E-state index in [9.17, 15) is 4.39 Å². The van der Waals surface area contributed by atoms with E-state index >= 15 is 0 Å². The van der Waals surface area contributed by atoms with Crippen molar-refractivity contribution < 1.29 is 4.39 Å². The largest absolute Gasteiger partial charge is 0.383 e. The summed E-state index contributed by atoms with van der Waals surface area (Å²) in [4.78, 5) is 4.59. The molecule has 1 aromatic carbocycles. The van der Waals surface area contributed by atoms with Crippen molar-refractivity contribution >= 4 is 5.82 Å². The second kappa shape index (κ2) is 5.43. The van der Waals surface area contributed by atoms with Crippen LogP contribution in [-0.2, 0) is 13.0 Å². The molecular formula is C15H20FN3. The van der Waals surface area contributed by atoms with Crippen LogP contribution in [0, 0.1) is 12.7 Å². The Kier molecular flexibility index (Phi) is 3.88. The number of hydrogen-bond donors (Lipinski definition) is 1. The lowest BCUT2D eigenvalue weighted by Gasteiger charge is -2.07. The second-order valence-corrected chi connectivity index (χ2v) is 4.73. The van der Waals surface area contributed by atoms with Gasteiger partial charge in [-0.2, -0.15) is 0 Å². The predicted octanol–water partition coefficient (Wildman–Crippen LogP) is 3.55. The highest BCUT2D eigenvalue weighted by molar-refractivity contribution is 5.73. The molecule has 2 N–H and O–H groups in total. The van der Waals surface area contributed by atoms with Gasteiger partial charge < -0.3 is 10.3 Å². The molecule has 1 heterocycles. The third-order valence-corrected chi connectivity index (χ3v) is 3.30. The molecule has 0 bridgehead atoms. The summed E-state index contributed by atoms with van der Waals surface area (Å²) in [6.45, 7) is 6.94. The molecule has 3 nitrogen and oxygen atoms in total. The number of aryl methyl sites for hydroxylation is 2. The van der Waals surface area contributed by atoms with E-state index in [1.54, 1.807) is 6.07 Å². The van der Waals surface area contributed by atoms with Crippen molar-refractivity contribution in [3.63, 3.8) is 0 Å². The molecule has 0 radical (unpaired) electrons. The minimum Gasteiger partial charge on any atom is -0.383 e. The van der Waals surface area contributed by atoms with Gasteiger partial charge in [-0.05, 0) is 31.0 Å². The van der Waals surface area contributed by atoms with Gasteiger partial charge in [-0.25, -0.2) is 9.37 Å². The van der Waals surface area contributed by atoms with Gasteiger partial charge >= 0.3 is 0 Å². The molecule has 2 rings (SSSR count). The summed E-state index contributed by atoms with van der Waals surface area (Å²) >= 11 is 0. The lowest BCUT2D eigenvalue weighted by Crippen LogP contribution is -2.06. The fourth-order valence-electron chi connectivity index (χ4n) is 2.30. The van der Waals surface area contributed by atoms with Crippen LogP contribution in [0.1, 0.15) is 31.7 Å². The average molecular weight is 261 g/mol. The Morgan fingerprint density at radius 2 is 2.05 bits per heavy atom. The summed E-state index contributed by atoms with van der Waals surface area (Å²) in [7, 11) is 0. The smallest absolute Gasteiger partial charge is 0.131 e. The Labute approximate surface area is 113 Å². The average Bonchev–Trinajstić information content (AvgIpc) is 2.70. The van der Waals surface area contributed by atoms with Crippen molar-refractivity contribution in [2.24, 2.45) is 0 Å². The van der Waals surface area contributed by atoms with E-state index < -0.39 is 0 Å². The van der Waals surface area contributed by atoms with Gasteiger partial charge in [0, 0.05) is 18.5 Å². The maximum atomic E-state index is 13.4. The van der Waals surface area contributed by atoms with Crippen LogP contribution in [0.25, 0.3) is 11.3 Å². The topological polar surface area (TPSA) is 43.8 Å². The zero-order valence-electron chi connectivity index (χ0n) is 11.7. The maximum Gasteiger partial charge on any atom is 0.131 e. The Balaban J connectivity index is 2.59. The molecule has 0 saturated heterocycles. The second-order valence-electron chi connectivity index (χ2n) is 4.73. The number of nitrogen functional groups attached to an aromatic ring is 1. The first kappa shape index (κ1) is 13.6. The summed E-state index contributed by atoms with van der Waals surface area (Å²) in [5.41, 5.74) is 8.65. The monoisotopic (exact) mass is 261 g/mol. The number of rotatable bonds is 4. The van der Waals surface area contributed by atoms with E-state index in [1.165, 1.54) is 12.1 Å². The predicted molar refractivity (Wildman–Crippen MR) is 76.4 cm³/mol. The molecule has 0 amide bonds. The SMILES string of the molecule is CCCn1c(CC)nc(-c2cc(F)ccc2C)c1N. The molecule has 0 unspecified atom stereocenters. The molecule has 0 aliphatic heterocycles. The highest BCUT2D eigenvalue weighted by Gasteiger charge is 2.16. The number of imidazole rings is 1. The molecule has 1 aromatic heterocycles. The number of nitrogens with two attached hydrogens (primary N) is 1. The van der Waals surface area contributed by atoms with Crippen LogP contribution in [0.15, 0.2) is 18.2 Å². The van der Waals surface area contributed by atoms with Crippen LogP contribution in [0.3, 0.4) is 0 Å². The van der Waals surface area contributed by atoms with Crippen LogP contribution >= 0.6 is 0 Å². The molecule has 0 saturated carbocycles. The van der Waals surface area contributed by atoms with E-state index in [2.05, 4.69) is 18.8 Å². The molecular weight excluding hydrogens is 241 g/mol. The first-order valence-electron chi connectivity index (χ1n) is 6.69. The zero-order valence-corrected chi connectivity index (χ0v) is 11.7. The van der Waals surface area contributed by atoms with Crippen molar-refractivity contribution in [1.82, 2.24) is 9.55 Å². The number of anilines is 1. The number of halogens is 1. The first-order chi connectivity index (χ1) is 9.08. The van der Waals surface area contributed by atoms with Gasteiger partial charge in [-0.15, -0.1) is 0 Å². The summed E-state index contributed by atoms with van der Waals surface area (Å²) in [5.74, 6) is 1.33. The van der Waals surface area contributed by atoms with Gasteiger partial charge in [0.2, 0.25) is 0 Å². The van der Waals surface area contributed by atoms with Gasteiger partial charge in [-0.3, -0.25) is 0 Å². The van der Waals surface area contributed by atoms with Gasteiger partial charge in [-0.1, -0.05) is 19.9 Å².